The number of carbonyl (C=O) groups is 1. The van der Waals surface area contributed by atoms with Crippen molar-refractivity contribution in [1.29, 1.82) is 5.26 Å². The van der Waals surface area contributed by atoms with Gasteiger partial charge in [0.25, 0.3) is 5.91 Å². The van der Waals surface area contributed by atoms with Crippen molar-refractivity contribution in [3.8, 4) is 6.07 Å². The fourth-order valence-electron chi connectivity index (χ4n) is 4.03. The third-order valence-corrected chi connectivity index (χ3v) is 6.14. The highest BCUT2D eigenvalue weighted by Crippen LogP contribution is 2.30. The van der Waals surface area contributed by atoms with Crippen LogP contribution in [0, 0.1) is 18.3 Å². The van der Waals surface area contributed by atoms with Crippen molar-refractivity contribution in [2.45, 2.75) is 25.9 Å². The van der Waals surface area contributed by atoms with E-state index in [1.807, 2.05) is 29.2 Å². The van der Waals surface area contributed by atoms with Gasteiger partial charge in [0, 0.05) is 49.3 Å². The monoisotopic (exact) mass is 430 g/mol. The lowest BCUT2D eigenvalue weighted by atomic mass is 10.1. The van der Waals surface area contributed by atoms with Gasteiger partial charge in [-0.15, -0.1) is 0 Å². The van der Waals surface area contributed by atoms with Gasteiger partial charge in [-0.05, 0) is 54.8 Å². The normalized spacial score (nSPS) is 15.5. The second kappa shape index (κ2) is 9.20. The summed E-state index contributed by atoms with van der Waals surface area (Å²) in [5.74, 6) is 0.0265. The third kappa shape index (κ3) is 4.55. The molecule has 156 valence electrons. The van der Waals surface area contributed by atoms with Crippen LogP contribution in [-0.4, -0.2) is 34.9 Å². The Morgan fingerprint density at radius 2 is 2.00 bits per heavy atom. The van der Waals surface area contributed by atoms with E-state index in [1.165, 1.54) is 11.1 Å². The third-order valence-electron chi connectivity index (χ3n) is 5.83. The molecule has 1 atom stereocenters. The standard InChI is InChI=1S/C25H23ClN4O/c1-18-4-2-3-5-21(18)16-30(22-7-6-20(15-27)24(26)14-22)23-10-13-29(17-23)25(31)19-8-11-28-12-9-19/h2-9,11-12,14,23H,10,13,16-17H2,1H3. The molecule has 1 amide bonds. The highest BCUT2D eigenvalue weighted by molar-refractivity contribution is 6.32. The van der Waals surface area contributed by atoms with Crippen molar-refractivity contribution in [2.24, 2.45) is 0 Å². The van der Waals surface area contributed by atoms with Gasteiger partial charge in [0.05, 0.1) is 10.6 Å². The molecule has 2 aromatic carbocycles. The molecule has 0 radical (unpaired) electrons. The lowest BCUT2D eigenvalue weighted by Gasteiger charge is -2.32. The van der Waals surface area contributed by atoms with Crippen molar-refractivity contribution in [2.75, 3.05) is 18.0 Å². The number of hydrogen-bond acceptors (Lipinski definition) is 4. The van der Waals surface area contributed by atoms with E-state index >= 15 is 0 Å². The molecule has 1 saturated heterocycles. The smallest absolute Gasteiger partial charge is 0.254 e. The largest absolute Gasteiger partial charge is 0.362 e. The van der Waals surface area contributed by atoms with Gasteiger partial charge in [0.1, 0.15) is 6.07 Å². The summed E-state index contributed by atoms with van der Waals surface area (Å²) >= 11 is 6.35. The Bertz CT molecular complexity index is 1130. The summed E-state index contributed by atoms with van der Waals surface area (Å²) in [6.45, 7) is 4.13. The quantitative estimate of drug-likeness (QED) is 0.581. The Morgan fingerprint density at radius 1 is 1.23 bits per heavy atom. The number of halogens is 1. The molecular formula is C25H23ClN4O. The Labute approximate surface area is 187 Å². The van der Waals surface area contributed by atoms with Gasteiger partial charge in [-0.1, -0.05) is 35.9 Å². The predicted molar refractivity (Wildman–Crippen MR) is 122 cm³/mol. The molecule has 1 aliphatic rings. The molecule has 0 aliphatic carbocycles. The van der Waals surface area contributed by atoms with Crippen molar-refractivity contribution >= 4 is 23.2 Å². The second-order valence-corrected chi connectivity index (χ2v) is 8.17. The minimum atomic E-state index is 0.0265. The fourth-order valence-corrected chi connectivity index (χ4v) is 4.25. The minimum absolute atomic E-state index is 0.0265. The summed E-state index contributed by atoms with van der Waals surface area (Å²) in [7, 11) is 0. The molecule has 3 aromatic rings. The molecule has 1 unspecified atom stereocenters. The van der Waals surface area contributed by atoms with E-state index in [-0.39, 0.29) is 11.9 Å². The zero-order valence-corrected chi connectivity index (χ0v) is 18.1. The van der Waals surface area contributed by atoms with Gasteiger partial charge in [-0.3, -0.25) is 9.78 Å². The summed E-state index contributed by atoms with van der Waals surface area (Å²) < 4.78 is 0. The molecule has 31 heavy (non-hydrogen) atoms. The topological polar surface area (TPSA) is 60.2 Å². The molecule has 1 fully saturated rings. The number of aromatic nitrogens is 1. The maximum Gasteiger partial charge on any atom is 0.254 e. The first-order valence-corrected chi connectivity index (χ1v) is 10.6. The maximum atomic E-state index is 12.9. The van der Waals surface area contributed by atoms with Crippen LogP contribution in [-0.2, 0) is 6.54 Å². The van der Waals surface area contributed by atoms with E-state index in [9.17, 15) is 10.1 Å². The fraction of sp³-hybridized carbons (Fsp3) is 0.240. The number of hydrogen-bond donors (Lipinski definition) is 0. The summed E-state index contributed by atoms with van der Waals surface area (Å²) in [5, 5.41) is 9.68. The van der Waals surface area contributed by atoms with Crippen LogP contribution in [0.2, 0.25) is 5.02 Å². The van der Waals surface area contributed by atoms with Crippen LogP contribution in [0.4, 0.5) is 5.69 Å². The zero-order valence-electron chi connectivity index (χ0n) is 17.3. The summed E-state index contributed by atoms with van der Waals surface area (Å²) in [6.07, 6.45) is 4.15. The lowest BCUT2D eigenvalue weighted by molar-refractivity contribution is 0.0790. The average Bonchev–Trinajstić information content (AvgIpc) is 3.28. The van der Waals surface area contributed by atoms with Gasteiger partial charge in [0.2, 0.25) is 0 Å². The Kier molecular flexibility index (Phi) is 6.20. The van der Waals surface area contributed by atoms with Gasteiger partial charge in [-0.25, -0.2) is 0 Å². The summed E-state index contributed by atoms with van der Waals surface area (Å²) in [6, 6.07) is 19.6. The molecule has 1 aromatic heterocycles. The first kappa shape index (κ1) is 20.9. The zero-order chi connectivity index (χ0) is 21.8. The molecule has 4 rings (SSSR count). The molecule has 0 bridgehead atoms. The second-order valence-electron chi connectivity index (χ2n) is 7.76. The Balaban J connectivity index is 1.62. The maximum absolute atomic E-state index is 12.9. The van der Waals surface area contributed by atoms with Crippen LogP contribution >= 0.6 is 11.6 Å². The minimum Gasteiger partial charge on any atom is -0.362 e. The molecule has 0 spiro atoms. The number of amides is 1. The van der Waals surface area contributed by atoms with E-state index in [1.54, 1.807) is 30.6 Å². The van der Waals surface area contributed by atoms with Gasteiger partial charge < -0.3 is 9.80 Å². The number of rotatable bonds is 5. The number of carbonyl (C=O) groups excluding carboxylic acids is 1. The number of nitriles is 1. The molecule has 1 aliphatic heterocycles. The first-order valence-electron chi connectivity index (χ1n) is 10.3. The van der Waals surface area contributed by atoms with E-state index < -0.39 is 0 Å². The predicted octanol–water partition coefficient (Wildman–Crippen LogP) is 4.84. The molecule has 6 heteroatoms. The SMILES string of the molecule is Cc1ccccc1CN(c1ccc(C#N)c(Cl)c1)C1CCN(C(=O)c2ccncc2)C1. The molecule has 2 heterocycles. The molecule has 0 N–H and O–H groups in total. The number of likely N-dealkylation sites (tertiary alicyclic amines) is 1. The van der Waals surface area contributed by atoms with Crippen LogP contribution in [0.5, 0.6) is 0 Å². The molecule has 0 saturated carbocycles. The Morgan fingerprint density at radius 3 is 2.71 bits per heavy atom. The first-order chi connectivity index (χ1) is 15.1. The highest BCUT2D eigenvalue weighted by atomic mass is 35.5. The molecule has 5 nitrogen and oxygen atoms in total. The van der Waals surface area contributed by atoms with E-state index in [0.29, 0.717) is 35.8 Å². The van der Waals surface area contributed by atoms with Crippen LogP contribution in [0.15, 0.2) is 67.0 Å². The van der Waals surface area contributed by atoms with Crippen molar-refractivity contribution in [3.05, 3.63) is 94.3 Å². The highest BCUT2D eigenvalue weighted by Gasteiger charge is 2.31. The van der Waals surface area contributed by atoms with E-state index in [4.69, 9.17) is 11.6 Å². The summed E-state index contributed by atoms with van der Waals surface area (Å²) in [5.41, 5.74) is 4.51. The van der Waals surface area contributed by atoms with Crippen molar-refractivity contribution < 1.29 is 4.79 Å². The van der Waals surface area contributed by atoms with Crippen molar-refractivity contribution in [3.63, 3.8) is 0 Å². The van der Waals surface area contributed by atoms with Crippen LogP contribution < -0.4 is 4.90 Å². The number of aryl methyl sites for hydroxylation is 1. The average molecular weight is 431 g/mol. The van der Waals surface area contributed by atoms with Crippen LogP contribution in [0.25, 0.3) is 0 Å². The number of nitrogens with zero attached hydrogens (tertiary/aromatic N) is 4. The Hall–Kier alpha value is -3.36. The number of benzene rings is 2. The van der Waals surface area contributed by atoms with Crippen LogP contribution in [0.1, 0.15) is 33.5 Å². The van der Waals surface area contributed by atoms with Crippen molar-refractivity contribution in [1.82, 2.24) is 9.88 Å². The lowest BCUT2D eigenvalue weighted by Crippen LogP contribution is -2.39. The van der Waals surface area contributed by atoms with Gasteiger partial charge in [-0.2, -0.15) is 5.26 Å². The van der Waals surface area contributed by atoms with E-state index in [2.05, 4.69) is 35.0 Å². The van der Waals surface area contributed by atoms with E-state index in [0.717, 1.165) is 12.1 Å². The molecular weight excluding hydrogens is 408 g/mol. The van der Waals surface area contributed by atoms with Crippen LogP contribution in [0.3, 0.4) is 0 Å². The number of anilines is 1. The summed E-state index contributed by atoms with van der Waals surface area (Å²) in [4.78, 5) is 21.1. The van der Waals surface area contributed by atoms with Gasteiger partial charge in [0.15, 0.2) is 0 Å². The number of pyridine rings is 1. The van der Waals surface area contributed by atoms with Gasteiger partial charge >= 0.3 is 0 Å².